The maximum Gasteiger partial charge on any atom is 0.262 e. The number of benzene rings is 3. The van der Waals surface area contributed by atoms with E-state index in [2.05, 4.69) is 38.2 Å². The maximum atomic E-state index is 12.7. The highest BCUT2D eigenvalue weighted by molar-refractivity contribution is 9.10. The Morgan fingerprint density at radius 3 is 2.23 bits per heavy atom. The summed E-state index contributed by atoms with van der Waals surface area (Å²) < 4.78 is 34.3. The van der Waals surface area contributed by atoms with Crippen molar-refractivity contribution in [1.82, 2.24) is 0 Å². The van der Waals surface area contributed by atoms with E-state index in [1.165, 1.54) is 24.8 Å². The van der Waals surface area contributed by atoms with Crippen LogP contribution < -0.4 is 20.1 Å². The van der Waals surface area contributed by atoms with Crippen LogP contribution in [0.25, 0.3) is 0 Å². The molecule has 9 heteroatoms. The molecule has 3 aromatic carbocycles. The Bertz CT molecular complexity index is 1170. The molecule has 0 fully saturated rings. The van der Waals surface area contributed by atoms with E-state index in [0.717, 1.165) is 16.6 Å². The van der Waals surface area contributed by atoms with Crippen molar-refractivity contribution in [3.05, 3.63) is 76.8 Å². The van der Waals surface area contributed by atoms with Crippen LogP contribution in [0.5, 0.6) is 5.75 Å². The van der Waals surface area contributed by atoms with Crippen LogP contribution >= 0.6 is 28.1 Å². The molecule has 0 bridgehead atoms. The predicted octanol–water partition coefficient (Wildman–Crippen LogP) is 5.63. The Morgan fingerprint density at radius 1 is 0.968 bits per heavy atom. The normalized spacial score (nSPS) is 10.9. The highest BCUT2D eigenvalue weighted by atomic mass is 79.9. The summed E-state index contributed by atoms with van der Waals surface area (Å²) in [6, 6.07) is 19.4. The first-order chi connectivity index (χ1) is 14.8. The zero-order chi connectivity index (χ0) is 22.4. The molecule has 0 aliphatic carbocycles. The van der Waals surface area contributed by atoms with E-state index in [1.807, 2.05) is 24.3 Å². The predicted molar refractivity (Wildman–Crippen MR) is 134 cm³/mol. The molecule has 3 N–H and O–H groups in total. The molecular weight excluding hydrogens is 498 g/mol. The van der Waals surface area contributed by atoms with Crippen LogP contribution in [0.1, 0.15) is 12.5 Å². The average molecular weight is 520 g/mol. The number of halogens is 1. The lowest BCUT2D eigenvalue weighted by atomic mass is 10.1. The van der Waals surface area contributed by atoms with Crippen LogP contribution in [0, 0.1) is 0 Å². The molecule has 0 amide bonds. The van der Waals surface area contributed by atoms with Gasteiger partial charge in [-0.2, -0.15) is 0 Å². The van der Waals surface area contributed by atoms with Crippen molar-refractivity contribution in [2.75, 3.05) is 22.5 Å². The number of thiocarbonyl (C=S) groups is 1. The van der Waals surface area contributed by atoms with Gasteiger partial charge in [-0.3, -0.25) is 4.72 Å². The summed E-state index contributed by atoms with van der Waals surface area (Å²) in [5.74, 6) is 0.351. The van der Waals surface area contributed by atoms with Crippen molar-refractivity contribution in [3.63, 3.8) is 0 Å². The zero-order valence-corrected chi connectivity index (χ0v) is 20.2. The number of methoxy groups -OCH3 is 1. The summed E-state index contributed by atoms with van der Waals surface area (Å²) in [6.45, 7) is 2.10. The number of sulfonamides is 1. The van der Waals surface area contributed by atoms with Gasteiger partial charge in [-0.25, -0.2) is 8.42 Å². The number of anilines is 3. The topological polar surface area (TPSA) is 79.5 Å². The van der Waals surface area contributed by atoms with Crippen molar-refractivity contribution in [3.8, 4) is 5.75 Å². The van der Waals surface area contributed by atoms with Crippen LogP contribution in [0.3, 0.4) is 0 Å². The van der Waals surface area contributed by atoms with Gasteiger partial charge in [-0.15, -0.1) is 0 Å². The lowest BCUT2D eigenvalue weighted by Crippen LogP contribution is -2.20. The van der Waals surface area contributed by atoms with Gasteiger partial charge in [0.25, 0.3) is 10.0 Å². The smallest absolute Gasteiger partial charge is 0.262 e. The van der Waals surface area contributed by atoms with Crippen molar-refractivity contribution in [2.24, 2.45) is 0 Å². The van der Waals surface area contributed by atoms with E-state index < -0.39 is 10.0 Å². The fourth-order valence-corrected chi connectivity index (χ4v) is 4.35. The van der Waals surface area contributed by atoms with Crippen molar-refractivity contribution >= 4 is 60.3 Å². The van der Waals surface area contributed by atoms with E-state index in [9.17, 15) is 8.42 Å². The SMILES string of the molecule is CCc1ccc(NC(=S)Nc2ccc(S(=O)(=O)Nc3ccc(Br)cc3)cc2OC)cc1. The zero-order valence-electron chi connectivity index (χ0n) is 17.0. The van der Waals surface area contributed by atoms with Gasteiger partial charge in [-0.1, -0.05) is 35.0 Å². The average Bonchev–Trinajstić information content (AvgIpc) is 2.76. The van der Waals surface area contributed by atoms with Crippen LogP contribution in [0.2, 0.25) is 0 Å². The molecule has 0 heterocycles. The number of rotatable bonds is 7. The van der Waals surface area contributed by atoms with E-state index in [4.69, 9.17) is 17.0 Å². The van der Waals surface area contributed by atoms with E-state index in [0.29, 0.717) is 22.2 Å². The summed E-state index contributed by atoms with van der Waals surface area (Å²) in [7, 11) is -2.31. The van der Waals surface area contributed by atoms with Crippen LogP contribution in [0.4, 0.5) is 17.1 Å². The van der Waals surface area contributed by atoms with Gasteiger partial charge in [0.15, 0.2) is 5.11 Å². The third-order valence-electron chi connectivity index (χ3n) is 4.45. The van der Waals surface area contributed by atoms with Gasteiger partial charge in [0, 0.05) is 21.9 Å². The minimum atomic E-state index is -3.78. The van der Waals surface area contributed by atoms with Gasteiger partial charge >= 0.3 is 0 Å². The molecule has 0 aliphatic heterocycles. The third kappa shape index (κ3) is 6.19. The summed E-state index contributed by atoms with van der Waals surface area (Å²) in [6.07, 6.45) is 0.964. The van der Waals surface area contributed by atoms with E-state index >= 15 is 0 Å². The number of hydrogen-bond acceptors (Lipinski definition) is 4. The van der Waals surface area contributed by atoms with Crippen LogP contribution in [0.15, 0.2) is 76.1 Å². The fraction of sp³-hybridized carbons (Fsp3) is 0.136. The molecular formula is C22H22BrN3O3S2. The van der Waals surface area contributed by atoms with Crippen molar-refractivity contribution in [1.29, 1.82) is 0 Å². The Balaban J connectivity index is 1.73. The fourth-order valence-electron chi connectivity index (χ4n) is 2.78. The monoisotopic (exact) mass is 519 g/mol. The highest BCUT2D eigenvalue weighted by Gasteiger charge is 2.17. The summed E-state index contributed by atoms with van der Waals surface area (Å²) in [4.78, 5) is 0.0758. The molecule has 0 aliphatic rings. The van der Waals surface area contributed by atoms with Crippen molar-refractivity contribution < 1.29 is 13.2 Å². The van der Waals surface area contributed by atoms with Gasteiger partial charge in [0.2, 0.25) is 0 Å². The molecule has 0 spiro atoms. The molecule has 3 rings (SSSR count). The van der Waals surface area contributed by atoms with E-state index in [1.54, 1.807) is 30.3 Å². The number of nitrogens with one attached hydrogen (secondary N) is 3. The molecule has 162 valence electrons. The minimum absolute atomic E-state index is 0.0758. The highest BCUT2D eigenvalue weighted by Crippen LogP contribution is 2.29. The summed E-state index contributed by atoms with van der Waals surface area (Å²) in [5.41, 5.74) is 3.10. The van der Waals surface area contributed by atoms with Crippen LogP contribution in [-0.2, 0) is 16.4 Å². The van der Waals surface area contributed by atoms with Crippen molar-refractivity contribution in [2.45, 2.75) is 18.2 Å². The van der Waals surface area contributed by atoms with Gasteiger partial charge in [-0.05, 0) is 72.7 Å². The molecule has 0 atom stereocenters. The number of ether oxygens (including phenoxy) is 1. The Morgan fingerprint density at radius 2 is 1.61 bits per heavy atom. The maximum absolute atomic E-state index is 12.7. The molecule has 31 heavy (non-hydrogen) atoms. The Labute approximate surface area is 196 Å². The molecule has 0 radical (unpaired) electrons. The molecule has 3 aromatic rings. The van der Waals surface area contributed by atoms with E-state index in [-0.39, 0.29) is 4.90 Å². The minimum Gasteiger partial charge on any atom is -0.495 e. The molecule has 0 saturated carbocycles. The standard InChI is InChI=1S/C22H22BrN3O3S2/c1-3-15-4-8-17(9-5-15)24-22(30)25-20-13-12-19(14-21(20)29-2)31(27,28)26-18-10-6-16(23)7-11-18/h4-14,26H,3H2,1-2H3,(H2,24,25,30). The number of aryl methyl sites for hydroxylation is 1. The third-order valence-corrected chi connectivity index (χ3v) is 6.56. The largest absolute Gasteiger partial charge is 0.495 e. The first-order valence-electron chi connectivity index (χ1n) is 9.44. The van der Waals surface area contributed by atoms with Gasteiger partial charge < -0.3 is 15.4 Å². The Hall–Kier alpha value is -2.62. The summed E-state index contributed by atoms with van der Waals surface area (Å²) in [5, 5.41) is 6.52. The molecule has 6 nitrogen and oxygen atoms in total. The lowest BCUT2D eigenvalue weighted by Gasteiger charge is -2.15. The van der Waals surface area contributed by atoms with Crippen LogP contribution in [-0.4, -0.2) is 20.6 Å². The summed E-state index contributed by atoms with van der Waals surface area (Å²) >= 11 is 8.71. The molecule has 0 unspecified atom stereocenters. The van der Waals surface area contributed by atoms with Gasteiger partial charge in [0.05, 0.1) is 17.7 Å². The molecule has 0 aromatic heterocycles. The Kier molecular flexibility index (Phi) is 7.53. The number of hydrogen-bond donors (Lipinski definition) is 3. The molecule has 0 saturated heterocycles. The lowest BCUT2D eigenvalue weighted by molar-refractivity contribution is 0.415. The second-order valence-electron chi connectivity index (χ2n) is 6.60. The quantitative estimate of drug-likeness (QED) is 0.351. The second kappa shape index (κ2) is 10.1. The first kappa shape index (κ1) is 23.1. The first-order valence-corrected chi connectivity index (χ1v) is 12.1. The second-order valence-corrected chi connectivity index (χ2v) is 9.61. The van der Waals surface area contributed by atoms with Gasteiger partial charge in [0.1, 0.15) is 5.75 Å².